The minimum atomic E-state index is -0.567. The Morgan fingerprint density at radius 1 is 1.30 bits per heavy atom. The van der Waals surface area contributed by atoms with Gasteiger partial charge in [0.05, 0.1) is 11.8 Å². The highest BCUT2D eigenvalue weighted by atomic mass is 16.3. The van der Waals surface area contributed by atoms with Crippen LogP contribution in [0.2, 0.25) is 0 Å². The lowest BCUT2D eigenvalue weighted by atomic mass is 9.98. The van der Waals surface area contributed by atoms with E-state index in [1.807, 2.05) is 30.3 Å². The van der Waals surface area contributed by atoms with Gasteiger partial charge in [0, 0.05) is 33.0 Å². The Labute approximate surface area is 157 Å². The lowest BCUT2D eigenvalue weighted by Gasteiger charge is -2.34. The number of hydrogen-bond acceptors (Lipinski definition) is 6. The Balaban J connectivity index is 2.09. The Morgan fingerprint density at radius 2 is 2.07 bits per heavy atom. The number of aromatic hydroxyl groups is 1. The van der Waals surface area contributed by atoms with Crippen LogP contribution in [0.3, 0.4) is 0 Å². The Hall–Kier alpha value is -2.90. The zero-order chi connectivity index (χ0) is 19.6. The second-order valence-corrected chi connectivity index (χ2v) is 6.77. The molecule has 1 unspecified atom stereocenters. The maximum Gasteiger partial charge on any atom is 0.333 e. The standard InChI is InChI=1S/C19H25N5O3/c1-4-14(16-17(25)22(2)19(27)23(3)18(16)26)21-24-11-6-5-9-15(24)13-8-7-10-20-12-13/h7-8,10,12,15,25H,4-6,9,11H2,1-3H3. The van der Waals surface area contributed by atoms with Crippen molar-refractivity contribution in [2.45, 2.75) is 38.6 Å². The van der Waals surface area contributed by atoms with Crippen LogP contribution in [0.5, 0.6) is 5.88 Å². The number of rotatable bonds is 4. The molecule has 0 saturated carbocycles. The van der Waals surface area contributed by atoms with Crippen molar-refractivity contribution in [2.75, 3.05) is 6.54 Å². The van der Waals surface area contributed by atoms with E-state index in [0.29, 0.717) is 12.1 Å². The van der Waals surface area contributed by atoms with E-state index in [4.69, 9.17) is 5.10 Å². The highest BCUT2D eigenvalue weighted by Crippen LogP contribution is 2.31. The van der Waals surface area contributed by atoms with E-state index in [1.165, 1.54) is 14.1 Å². The molecular formula is C19H25N5O3. The van der Waals surface area contributed by atoms with Crippen LogP contribution in [0.15, 0.2) is 39.2 Å². The van der Waals surface area contributed by atoms with Crippen molar-refractivity contribution < 1.29 is 5.11 Å². The van der Waals surface area contributed by atoms with Gasteiger partial charge in [-0.2, -0.15) is 5.10 Å². The third-order valence-corrected chi connectivity index (χ3v) is 5.05. The third-order valence-electron chi connectivity index (χ3n) is 5.05. The predicted molar refractivity (Wildman–Crippen MR) is 103 cm³/mol. The second-order valence-electron chi connectivity index (χ2n) is 6.77. The first-order chi connectivity index (χ1) is 13.0. The zero-order valence-electron chi connectivity index (χ0n) is 15.9. The average Bonchev–Trinajstić information content (AvgIpc) is 2.71. The molecule has 1 N–H and O–H groups in total. The maximum absolute atomic E-state index is 12.6. The molecule has 0 amide bonds. The quantitative estimate of drug-likeness (QED) is 0.823. The zero-order valence-corrected chi connectivity index (χ0v) is 15.9. The summed E-state index contributed by atoms with van der Waals surface area (Å²) in [7, 11) is 2.84. The largest absolute Gasteiger partial charge is 0.494 e. The Kier molecular flexibility index (Phi) is 5.43. The van der Waals surface area contributed by atoms with Gasteiger partial charge in [0.15, 0.2) is 0 Å². The molecule has 2 aromatic heterocycles. The Bertz CT molecular complexity index is 962. The van der Waals surface area contributed by atoms with Gasteiger partial charge in [-0.05, 0) is 37.3 Å². The molecule has 0 aliphatic carbocycles. The molecule has 3 rings (SSSR count). The molecule has 1 fully saturated rings. The van der Waals surface area contributed by atoms with Crippen LogP contribution >= 0.6 is 0 Å². The van der Waals surface area contributed by atoms with Gasteiger partial charge in [-0.15, -0.1) is 0 Å². The molecule has 1 atom stereocenters. The summed E-state index contributed by atoms with van der Waals surface area (Å²) in [5.74, 6) is -0.348. The molecule has 0 aromatic carbocycles. The third kappa shape index (κ3) is 3.51. The number of piperidine rings is 1. The molecule has 1 saturated heterocycles. The number of nitrogens with zero attached hydrogens (tertiary/aromatic N) is 5. The van der Waals surface area contributed by atoms with Crippen LogP contribution in [0, 0.1) is 0 Å². The molecule has 0 bridgehead atoms. The van der Waals surface area contributed by atoms with E-state index >= 15 is 0 Å². The first-order valence-electron chi connectivity index (χ1n) is 9.19. The van der Waals surface area contributed by atoms with E-state index < -0.39 is 11.2 Å². The molecule has 0 radical (unpaired) electrons. The van der Waals surface area contributed by atoms with Gasteiger partial charge in [0.1, 0.15) is 5.56 Å². The minimum Gasteiger partial charge on any atom is -0.494 e. The highest BCUT2D eigenvalue weighted by Gasteiger charge is 2.25. The van der Waals surface area contributed by atoms with E-state index in [-0.39, 0.29) is 17.5 Å². The molecule has 0 spiro atoms. The van der Waals surface area contributed by atoms with Gasteiger partial charge in [-0.3, -0.25) is 23.9 Å². The van der Waals surface area contributed by atoms with Crippen molar-refractivity contribution in [3.05, 3.63) is 56.5 Å². The van der Waals surface area contributed by atoms with Crippen molar-refractivity contribution >= 4 is 5.71 Å². The summed E-state index contributed by atoms with van der Waals surface area (Å²) in [6.45, 7) is 2.64. The van der Waals surface area contributed by atoms with E-state index in [0.717, 1.165) is 40.5 Å². The summed E-state index contributed by atoms with van der Waals surface area (Å²) in [5, 5.41) is 17.2. The van der Waals surface area contributed by atoms with Crippen molar-refractivity contribution in [3.8, 4) is 5.88 Å². The summed E-state index contributed by atoms with van der Waals surface area (Å²) in [6.07, 6.45) is 7.09. The molecule has 27 heavy (non-hydrogen) atoms. The van der Waals surface area contributed by atoms with Crippen LogP contribution in [0.25, 0.3) is 0 Å². The monoisotopic (exact) mass is 371 g/mol. The molecule has 1 aliphatic rings. The fourth-order valence-electron chi connectivity index (χ4n) is 3.49. The van der Waals surface area contributed by atoms with Gasteiger partial charge in [0.25, 0.3) is 5.56 Å². The smallest absolute Gasteiger partial charge is 0.333 e. The molecule has 8 nitrogen and oxygen atoms in total. The van der Waals surface area contributed by atoms with E-state index in [9.17, 15) is 14.7 Å². The molecule has 1 aliphatic heterocycles. The molecule has 2 aromatic rings. The van der Waals surface area contributed by atoms with E-state index in [2.05, 4.69) is 4.98 Å². The first kappa shape index (κ1) is 18.9. The second kappa shape index (κ2) is 7.77. The van der Waals surface area contributed by atoms with Gasteiger partial charge in [0.2, 0.25) is 5.88 Å². The number of pyridine rings is 1. The fraction of sp³-hybridized carbons (Fsp3) is 0.474. The van der Waals surface area contributed by atoms with Crippen molar-refractivity contribution in [3.63, 3.8) is 0 Å². The number of aromatic nitrogens is 3. The summed E-state index contributed by atoms with van der Waals surface area (Å²) >= 11 is 0. The maximum atomic E-state index is 12.6. The fourth-order valence-corrected chi connectivity index (χ4v) is 3.49. The van der Waals surface area contributed by atoms with Crippen LogP contribution in [-0.4, -0.2) is 36.5 Å². The summed E-state index contributed by atoms with van der Waals surface area (Å²) in [5.41, 5.74) is 0.528. The van der Waals surface area contributed by atoms with E-state index in [1.54, 1.807) is 6.20 Å². The van der Waals surface area contributed by atoms with Gasteiger partial charge in [-0.25, -0.2) is 4.79 Å². The van der Waals surface area contributed by atoms with Crippen molar-refractivity contribution in [1.82, 2.24) is 19.1 Å². The number of hydrazone groups is 1. The van der Waals surface area contributed by atoms with Crippen molar-refractivity contribution in [1.29, 1.82) is 0 Å². The number of hydrogen-bond donors (Lipinski definition) is 1. The lowest BCUT2D eigenvalue weighted by Crippen LogP contribution is -2.40. The molecule has 8 heteroatoms. The summed E-state index contributed by atoms with van der Waals surface area (Å²) in [6, 6.07) is 4.01. The molecular weight excluding hydrogens is 346 g/mol. The highest BCUT2D eigenvalue weighted by molar-refractivity contribution is 6.01. The van der Waals surface area contributed by atoms with Crippen LogP contribution < -0.4 is 11.2 Å². The minimum absolute atomic E-state index is 0.0764. The molecule has 144 valence electrons. The van der Waals surface area contributed by atoms with Crippen LogP contribution in [0.1, 0.15) is 49.8 Å². The Morgan fingerprint density at radius 3 is 2.74 bits per heavy atom. The SMILES string of the molecule is CCC(=NN1CCCCC1c1cccnc1)c1c(O)n(C)c(=O)n(C)c1=O. The van der Waals surface area contributed by atoms with Crippen LogP contribution in [0.4, 0.5) is 0 Å². The van der Waals surface area contributed by atoms with Gasteiger partial charge in [-0.1, -0.05) is 13.0 Å². The summed E-state index contributed by atoms with van der Waals surface area (Å²) in [4.78, 5) is 28.9. The average molecular weight is 371 g/mol. The van der Waals surface area contributed by atoms with Gasteiger partial charge >= 0.3 is 5.69 Å². The predicted octanol–water partition coefficient (Wildman–Crippen LogP) is 1.53. The molecule has 3 heterocycles. The van der Waals surface area contributed by atoms with Gasteiger partial charge < -0.3 is 5.11 Å². The summed E-state index contributed by atoms with van der Waals surface area (Å²) < 4.78 is 2.06. The van der Waals surface area contributed by atoms with Crippen LogP contribution in [-0.2, 0) is 14.1 Å². The normalized spacial score (nSPS) is 18.0. The topological polar surface area (TPSA) is 92.7 Å². The first-order valence-corrected chi connectivity index (χ1v) is 9.19. The lowest BCUT2D eigenvalue weighted by molar-refractivity contribution is 0.154. The van der Waals surface area contributed by atoms with Crippen molar-refractivity contribution in [2.24, 2.45) is 19.2 Å².